The first-order chi connectivity index (χ1) is 7.40. The number of aromatic nitrogens is 3. The molecule has 1 aromatic rings. The molecule has 0 atom stereocenters. The number of hydrogen-bond donors (Lipinski definition) is 1. The first kappa shape index (κ1) is 12.6. The molecule has 88 valence electrons. The summed E-state index contributed by atoms with van der Waals surface area (Å²) in [7, 11) is 0. The van der Waals surface area contributed by atoms with Gasteiger partial charge in [-0.2, -0.15) is 5.10 Å². The maximum absolute atomic E-state index is 12.3. The topological polar surface area (TPSA) is 73.8 Å². The van der Waals surface area contributed by atoms with E-state index in [1.165, 1.54) is 17.3 Å². The number of hydrogen-bond acceptors (Lipinski definition) is 4. The number of carbonyl (C=O) groups is 1. The van der Waals surface area contributed by atoms with Gasteiger partial charge in [-0.15, -0.1) is 0 Å². The van der Waals surface area contributed by atoms with Crippen LogP contribution < -0.4 is 5.73 Å². The highest BCUT2D eigenvalue weighted by molar-refractivity contribution is 6.18. The van der Waals surface area contributed by atoms with E-state index in [0.29, 0.717) is 12.2 Å². The quantitative estimate of drug-likeness (QED) is 0.774. The van der Waals surface area contributed by atoms with E-state index in [4.69, 9.17) is 5.73 Å². The molecule has 0 aliphatic heterocycles. The maximum Gasteiger partial charge on any atom is 0.188 e. The standard InChI is InChI=1S/C11H18N4O/c1-8(2)9(15-7-13-6-14-15)10(16)11(3,4)5-12/h6-7H,5,12H2,1-4H3. The molecule has 0 aromatic carbocycles. The van der Waals surface area contributed by atoms with Gasteiger partial charge in [0.25, 0.3) is 0 Å². The predicted molar refractivity (Wildman–Crippen MR) is 62.4 cm³/mol. The fraction of sp³-hybridized carbons (Fsp3) is 0.545. The third kappa shape index (κ3) is 2.36. The molecule has 5 nitrogen and oxygen atoms in total. The van der Waals surface area contributed by atoms with E-state index in [9.17, 15) is 4.79 Å². The van der Waals surface area contributed by atoms with Crippen LogP contribution in [-0.2, 0) is 4.79 Å². The van der Waals surface area contributed by atoms with Crippen LogP contribution in [0.1, 0.15) is 27.7 Å². The average Bonchev–Trinajstić information content (AvgIpc) is 2.70. The molecule has 0 amide bonds. The Morgan fingerprint density at radius 3 is 2.44 bits per heavy atom. The SMILES string of the molecule is CC(C)=C(C(=O)C(C)(C)CN)n1cncn1. The van der Waals surface area contributed by atoms with Crippen LogP contribution in [0.4, 0.5) is 0 Å². The molecular formula is C11H18N4O. The van der Waals surface area contributed by atoms with Crippen LogP contribution in [0.5, 0.6) is 0 Å². The lowest BCUT2D eigenvalue weighted by Crippen LogP contribution is -2.35. The van der Waals surface area contributed by atoms with Gasteiger partial charge in [-0.05, 0) is 19.4 Å². The minimum absolute atomic E-state index is 0.0134. The third-order valence-electron chi connectivity index (χ3n) is 2.46. The summed E-state index contributed by atoms with van der Waals surface area (Å²) >= 11 is 0. The Kier molecular flexibility index (Phi) is 3.59. The Balaban J connectivity index is 3.18. The third-order valence-corrected chi connectivity index (χ3v) is 2.46. The van der Waals surface area contributed by atoms with Crippen LogP contribution in [-0.4, -0.2) is 27.1 Å². The summed E-state index contributed by atoms with van der Waals surface area (Å²) in [5, 5.41) is 3.99. The Labute approximate surface area is 95.4 Å². The van der Waals surface area contributed by atoms with E-state index in [1.807, 2.05) is 27.7 Å². The van der Waals surface area contributed by atoms with E-state index in [-0.39, 0.29) is 5.78 Å². The summed E-state index contributed by atoms with van der Waals surface area (Å²) in [4.78, 5) is 16.2. The number of Topliss-reactive ketones (excluding diaryl/α,β-unsaturated/α-hetero) is 1. The van der Waals surface area contributed by atoms with Crippen LogP contribution in [0.15, 0.2) is 18.2 Å². The molecule has 0 bridgehead atoms. The molecule has 0 radical (unpaired) electrons. The molecule has 1 aromatic heterocycles. The average molecular weight is 222 g/mol. The van der Waals surface area contributed by atoms with Gasteiger partial charge < -0.3 is 5.73 Å². The highest BCUT2D eigenvalue weighted by atomic mass is 16.1. The van der Waals surface area contributed by atoms with Gasteiger partial charge >= 0.3 is 0 Å². The molecule has 2 N–H and O–H groups in total. The van der Waals surface area contributed by atoms with Crippen LogP contribution in [0.2, 0.25) is 0 Å². The first-order valence-corrected chi connectivity index (χ1v) is 5.17. The van der Waals surface area contributed by atoms with Crippen molar-refractivity contribution in [1.82, 2.24) is 14.8 Å². The number of rotatable bonds is 4. The summed E-state index contributed by atoms with van der Waals surface area (Å²) in [6, 6.07) is 0. The van der Waals surface area contributed by atoms with Crippen molar-refractivity contribution in [2.75, 3.05) is 6.54 Å². The molecule has 0 aliphatic carbocycles. The zero-order valence-corrected chi connectivity index (χ0v) is 10.2. The highest BCUT2D eigenvalue weighted by Crippen LogP contribution is 2.23. The van der Waals surface area contributed by atoms with Crippen molar-refractivity contribution >= 4 is 11.5 Å². The molecular weight excluding hydrogens is 204 g/mol. The van der Waals surface area contributed by atoms with Gasteiger partial charge in [0, 0.05) is 12.0 Å². The van der Waals surface area contributed by atoms with Gasteiger partial charge in [0.05, 0.1) is 0 Å². The van der Waals surface area contributed by atoms with Crippen molar-refractivity contribution in [3.8, 4) is 0 Å². The van der Waals surface area contributed by atoms with E-state index in [0.717, 1.165) is 5.57 Å². The Morgan fingerprint density at radius 1 is 1.44 bits per heavy atom. The number of allylic oxidation sites excluding steroid dienone is 2. The lowest BCUT2D eigenvalue weighted by Gasteiger charge is -2.22. The maximum atomic E-state index is 12.3. The van der Waals surface area contributed by atoms with E-state index >= 15 is 0 Å². The predicted octanol–water partition coefficient (Wildman–Crippen LogP) is 1.08. The van der Waals surface area contributed by atoms with Crippen LogP contribution >= 0.6 is 0 Å². The van der Waals surface area contributed by atoms with Gasteiger partial charge in [-0.3, -0.25) is 4.79 Å². The lowest BCUT2D eigenvalue weighted by molar-refractivity contribution is -0.121. The molecule has 0 saturated heterocycles. The zero-order chi connectivity index (χ0) is 12.3. The molecule has 0 saturated carbocycles. The Bertz CT molecular complexity index is 400. The number of nitrogens with zero attached hydrogens (tertiary/aromatic N) is 3. The molecule has 16 heavy (non-hydrogen) atoms. The summed E-state index contributed by atoms with van der Waals surface area (Å²) in [6.45, 7) is 7.71. The second-order valence-corrected chi connectivity index (χ2v) is 4.61. The van der Waals surface area contributed by atoms with Crippen molar-refractivity contribution in [3.05, 3.63) is 18.2 Å². The van der Waals surface area contributed by atoms with E-state index in [1.54, 1.807) is 0 Å². The monoisotopic (exact) mass is 222 g/mol. The largest absolute Gasteiger partial charge is 0.329 e. The fourth-order valence-electron chi connectivity index (χ4n) is 1.30. The first-order valence-electron chi connectivity index (χ1n) is 5.17. The summed E-state index contributed by atoms with van der Waals surface area (Å²) < 4.78 is 1.50. The normalized spacial score (nSPS) is 11.3. The van der Waals surface area contributed by atoms with Crippen molar-refractivity contribution in [1.29, 1.82) is 0 Å². The molecule has 0 aliphatic rings. The fourth-order valence-corrected chi connectivity index (χ4v) is 1.30. The molecule has 0 fully saturated rings. The van der Waals surface area contributed by atoms with Gasteiger partial charge in [-0.25, -0.2) is 9.67 Å². The van der Waals surface area contributed by atoms with Crippen LogP contribution in [0.25, 0.3) is 5.70 Å². The number of carbonyl (C=O) groups excluding carboxylic acids is 1. The number of nitrogens with two attached hydrogens (primary N) is 1. The molecule has 5 heteroatoms. The minimum atomic E-state index is -0.585. The molecule has 1 heterocycles. The van der Waals surface area contributed by atoms with Gasteiger partial charge in [0.1, 0.15) is 18.4 Å². The second kappa shape index (κ2) is 4.57. The van der Waals surface area contributed by atoms with Gasteiger partial charge in [0.2, 0.25) is 0 Å². The minimum Gasteiger partial charge on any atom is -0.329 e. The summed E-state index contributed by atoms with van der Waals surface area (Å²) in [5.41, 5.74) is 6.47. The van der Waals surface area contributed by atoms with Crippen LogP contribution in [0, 0.1) is 5.41 Å². The molecule has 1 rings (SSSR count). The second-order valence-electron chi connectivity index (χ2n) is 4.61. The van der Waals surface area contributed by atoms with E-state index in [2.05, 4.69) is 10.1 Å². The molecule has 0 spiro atoms. The summed E-state index contributed by atoms with van der Waals surface area (Å²) in [6.07, 6.45) is 2.93. The van der Waals surface area contributed by atoms with Crippen molar-refractivity contribution in [2.45, 2.75) is 27.7 Å². The van der Waals surface area contributed by atoms with Gasteiger partial charge in [-0.1, -0.05) is 13.8 Å². The smallest absolute Gasteiger partial charge is 0.188 e. The van der Waals surface area contributed by atoms with Crippen molar-refractivity contribution in [2.24, 2.45) is 11.1 Å². The van der Waals surface area contributed by atoms with Gasteiger partial charge in [0.15, 0.2) is 5.78 Å². The van der Waals surface area contributed by atoms with Crippen molar-refractivity contribution < 1.29 is 4.79 Å². The van der Waals surface area contributed by atoms with Crippen LogP contribution in [0.3, 0.4) is 0 Å². The lowest BCUT2D eigenvalue weighted by atomic mass is 9.85. The molecule has 0 unspecified atom stereocenters. The van der Waals surface area contributed by atoms with Crippen molar-refractivity contribution in [3.63, 3.8) is 0 Å². The Hall–Kier alpha value is -1.49. The summed E-state index contributed by atoms with van der Waals surface area (Å²) in [5.74, 6) is -0.0134. The highest BCUT2D eigenvalue weighted by Gasteiger charge is 2.30. The van der Waals surface area contributed by atoms with E-state index < -0.39 is 5.41 Å². The Morgan fingerprint density at radius 2 is 2.06 bits per heavy atom. The zero-order valence-electron chi connectivity index (χ0n) is 10.2. The number of ketones is 1.